The molecule has 0 spiro atoms. The first-order chi connectivity index (χ1) is 14.0. The minimum atomic E-state index is -0.629. The molecule has 29 heavy (non-hydrogen) atoms. The van der Waals surface area contributed by atoms with Crippen LogP contribution < -0.4 is 4.74 Å². The molecular formula is C21H23N3O5. The maximum Gasteiger partial charge on any atom is 0.338 e. The van der Waals surface area contributed by atoms with Gasteiger partial charge in [0.1, 0.15) is 12.4 Å². The number of carbonyl (C=O) groups is 1. The molecule has 3 rings (SSSR count). The molecule has 1 aliphatic rings. The van der Waals surface area contributed by atoms with Gasteiger partial charge in [-0.2, -0.15) is 0 Å². The van der Waals surface area contributed by atoms with Gasteiger partial charge in [-0.3, -0.25) is 15.0 Å². The van der Waals surface area contributed by atoms with Crippen molar-refractivity contribution in [3.8, 4) is 5.75 Å². The molecule has 8 nitrogen and oxygen atoms in total. The number of non-ortho nitro benzene ring substituents is 1. The molecule has 1 N–H and O–H groups in total. The fraction of sp³-hybridized carbons (Fsp3) is 0.333. The summed E-state index contributed by atoms with van der Waals surface area (Å²) < 4.78 is 10.6. The molecule has 0 bridgehead atoms. The van der Waals surface area contributed by atoms with Crippen molar-refractivity contribution >= 4 is 17.4 Å². The summed E-state index contributed by atoms with van der Waals surface area (Å²) in [6.07, 6.45) is 2.38. The van der Waals surface area contributed by atoms with Crippen LogP contribution in [0.15, 0.2) is 42.5 Å². The summed E-state index contributed by atoms with van der Waals surface area (Å²) in [6.45, 7) is 2.67. The Bertz CT molecular complexity index is 905. The topological polar surface area (TPSA) is 106 Å². The first-order valence-electron chi connectivity index (χ1n) is 9.36. The Balaban J connectivity index is 1.63. The van der Waals surface area contributed by atoms with Crippen molar-refractivity contribution in [3.05, 3.63) is 69.3 Å². The number of nitrogens with one attached hydrogen (secondary N) is 1. The molecule has 152 valence electrons. The van der Waals surface area contributed by atoms with Crippen molar-refractivity contribution in [2.45, 2.75) is 19.4 Å². The molecule has 0 radical (unpaired) electrons. The number of nitrogens with zero attached hydrogens (tertiary/aromatic N) is 2. The van der Waals surface area contributed by atoms with Gasteiger partial charge in [-0.25, -0.2) is 4.79 Å². The second kappa shape index (κ2) is 9.29. The van der Waals surface area contributed by atoms with Gasteiger partial charge in [0.25, 0.3) is 5.69 Å². The van der Waals surface area contributed by atoms with Crippen molar-refractivity contribution < 1.29 is 19.2 Å². The van der Waals surface area contributed by atoms with Crippen molar-refractivity contribution in [1.82, 2.24) is 4.90 Å². The highest BCUT2D eigenvalue weighted by Crippen LogP contribution is 2.24. The quantitative estimate of drug-likeness (QED) is 0.317. The summed E-state index contributed by atoms with van der Waals surface area (Å²) in [6, 6.07) is 10.7. The molecule has 0 atom stereocenters. The van der Waals surface area contributed by atoms with Crippen LogP contribution in [-0.4, -0.2) is 48.3 Å². The Morgan fingerprint density at radius 2 is 1.79 bits per heavy atom. The number of nitro benzene ring substituents is 1. The summed E-state index contributed by atoms with van der Waals surface area (Å²) >= 11 is 0. The third-order valence-electron chi connectivity index (χ3n) is 4.88. The van der Waals surface area contributed by atoms with Crippen LogP contribution in [0.5, 0.6) is 5.75 Å². The minimum absolute atomic E-state index is 0.0990. The van der Waals surface area contributed by atoms with E-state index in [9.17, 15) is 14.9 Å². The van der Waals surface area contributed by atoms with E-state index in [-0.39, 0.29) is 23.6 Å². The predicted molar refractivity (Wildman–Crippen MR) is 108 cm³/mol. The van der Waals surface area contributed by atoms with E-state index in [4.69, 9.17) is 14.9 Å². The lowest BCUT2D eigenvalue weighted by Gasteiger charge is -2.18. The number of hydrogen-bond donors (Lipinski definition) is 1. The molecule has 2 aromatic carbocycles. The summed E-state index contributed by atoms with van der Waals surface area (Å²) in [5, 5.41) is 18.9. The molecule has 1 fully saturated rings. The van der Waals surface area contributed by atoms with Crippen molar-refractivity contribution in [2.24, 2.45) is 0 Å². The SMILES string of the molecule is COc1ccc(C(=N)COC(=O)c2ccc([N+](=O)[O-])cc2)cc1CN1CCCC1. The summed E-state index contributed by atoms with van der Waals surface area (Å²) in [7, 11) is 1.62. The second-order valence-electron chi connectivity index (χ2n) is 6.87. The van der Waals surface area contributed by atoms with E-state index in [1.807, 2.05) is 12.1 Å². The molecule has 0 aliphatic carbocycles. The monoisotopic (exact) mass is 397 g/mol. The lowest BCUT2D eigenvalue weighted by molar-refractivity contribution is -0.384. The van der Waals surface area contributed by atoms with Crippen LogP contribution >= 0.6 is 0 Å². The normalized spacial score (nSPS) is 13.8. The highest BCUT2D eigenvalue weighted by molar-refractivity contribution is 6.01. The predicted octanol–water partition coefficient (Wildman–Crippen LogP) is 3.42. The van der Waals surface area contributed by atoms with Gasteiger partial charge in [0.2, 0.25) is 0 Å². The Kier molecular flexibility index (Phi) is 6.56. The number of likely N-dealkylation sites (tertiary alicyclic amines) is 1. The lowest BCUT2D eigenvalue weighted by Crippen LogP contribution is -2.19. The third kappa shape index (κ3) is 5.17. The van der Waals surface area contributed by atoms with Gasteiger partial charge in [-0.05, 0) is 61.8 Å². The Hall–Kier alpha value is -3.26. The van der Waals surface area contributed by atoms with E-state index >= 15 is 0 Å². The molecule has 8 heteroatoms. The maximum atomic E-state index is 12.1. The average Bonchev–Trinajstić information content (AvgIpc) is 3.24. The number of esters is 1. The van der Waals surface area contributed by atoms with E-state index in [1.165, 1.54) is 37.1 Å². The van der Waals surface area contributed by atoms with Crippen LogP contribution in [0.4, 0.5) is 5.69 Å². The number of benzene rings is 2. The van der Waals surface area contributed by atoms with Crippen LogP contribution in [-0.2, 0) is 11.3 Å². The van der Waals surface area contributed by atoms with Gasteiger partial charge in [-0.1, -0.05) is 0 Å². The van der Waals surface area contributed by atoms with Crippen molar-refractivity contribution in [2.75, 3.05) is 26.8 Å². The summed E-state index contributed by atoms with van der Waals surface area (Å²) in [5.74, 6) is 0.145. The molecular weight excluding hydrogens is 374 g/mol. The van der Waals surface area contributed by atoms with Crippen molar-refractivity contribution in [3.63, 3.8) is 0 Å². The Morgan fingerprint density at radius 3 is 2.41 bits per heavy atom. The van der Waals surface area contributed by atoms with Crippen molar-refractivity contribution in [1.29, 1.82) is 5.41 Å². The molecule has 0 aromatic heterocycles. The zero-order valence-corrected chi connectivity index (χ0v) is 16.2. The van der Waals surface area contributed by atoms with Gasteiger partial charge in [0.15, 0.2) is 0 Å². The van der Waals surface area contributed by atoms with Gasteiger partial charge in [-0.15, -0.1) is 0 Å². The lowest BCUT2D eigenvalue weighted by atomic mass is 10.1. The first kappa shape index (κ1) is 20.5. The van der Waals surface area contributed by atoms with Gasteiger partial charge < -0.3 is 14.9 Å². The van der Waals surface area contributed by atoms with Gasteiger partial charge in [0.05, 0.1) is 23.3 Å². The smallest absolute Gasteiger partial charge is 0.338 e. The van der Waals surface area contributed by atoms with E-state index in [0.29, 0.717) is 5.56 Å². The zero-order valence-electron chi connectivity index (χ0n) is 16.2. The Morgan fingerprint density at radius 1 is 1.14 bits per heavy atom. The molecule has 1 heterocycles. The number of ether oxygens (including phenoxy) is 2. The molecule has 0 saturated carbocycles. The fourth-order valence-corrected chi connectivity index (χ4v) is 3.30. The fourth-order valence-electron chi connectivity index (χ4n) is 3.30. The number of carbonyl (C=O) groups excluding carboxylic acids is 1. The maximum absolute atomic E-state index is 12.1. The molecule has 2 aromatic rings. The first-order valence-corrected chi connectivity index (χ1v) is 9.36. The standard InChI is InChI=1S/C21H23N3O5/c1-28-20-9-6-16(12-17(20)13-23-10-2-3-11-23)19(22)14-29-21(25)15-4-7-18(8-5-15)24(26)27/h4-9,12,22H,2-3,10-11,13-14H2,1H3. The van der Waals surface area contributed by atoms with Crippen LogP contribution in [0.25, 0.3) is 0 Å². The Labute approximate surface area is 168 Å². The van der Waals surface area contributed by atoms with Crippen LogP contribution in [0.2, 0.25) is 0 Å². The van der Waals surface area contributed by atoms with Gasteiger partial charge in [0, 0.05) is 24.2 Å². The number of hydrogen-bond acceptors (Lipinski definition) is 7. The average molecular weight is 397 g/mol. The van der Waals surface area contributed by atoms with Gasteiger partial charge >= 0.3 is 5.97 Å². The van der Waals surface area contributed by atoms with Crippen LogP contribution in [0.1, 0.15) is 34.3 Å². The summed E-state index contributed by atoms with van der Waals surface area (Å²) in [5.41, 5.74) is 1.94. The highest BCUT2D eigenvalue weighted by Gasteiger charge is 2.16. The minimum Gasteiger partial charge on any atom is -0.496 e. The number of methoxy groups -OCH3 is 1. The van der Waals surface area contributed by atoms with E-state index in [1.54, 1.807) is 13.2 Å². The largest absolute Gasteiger partial charge is 0.496 e. The molecule has 0 unspecified atom stereocenters. The summed E-state index contributed by atoms with van der Waals surface area (Å²) in [4.78, 5) is 24.6. The highest BCUT2D eigenvalue weighted by atomic mass is 16.6. The number of rotatable bonds is 8. The number of nitro groups is 1. The zero-order chi connectivity index (χ0) is 20.8. The van der Waals surface area contributed by atoms with E-state index in [2.05, 4.69) is 4.90 Å². The van der Waals surface area contributed by atoms with Crippen LogP contribution in [0.3, 0.4) is 0 Å². The van der Waals surface area contributed by atoms with Crippen LogP contribution in [0, 0.1) is 15.5 Å². The van der Waals surface area contributed by atoms with E-state index < -0.39 is 10.9 Å². The second-order valence-corrected chi connectivity index (χ2v) is 6.87. The molecule has 0 amide bonds. The molecule has 1 aliphatic heterocycles. The third-order valence-corrected chi connectivity index (χ3v) is 4.88. The molecule has 1 saturated heterocycles. The van der Waals surface area contributed by atoms with E-state index in [0.717, 1.165) is 30.9 Å².